The highest BCUT2D eigenvalue weighted by atomic mass is 16.2. The number of hydrogen-bond donors (Lipinski definition) is 1. The van der Waals surface area contributed by atoms with E-state index in [9.17, 15) is 4.79 Å². The minimum atomic E-state index is 0.0679. The van der Waals surface area contributed by atoms with Gasteiger partial charge in [-0.15, -0.1) is 0 Å². The molecule has 1 aliphatic heterocycles. The van der Waals surface area contributed by atoms with Crippen LogP contribution in [-0.2, 0) is 4.79 Å². The first kappa shape index (κ1) is 15.5. The normalized spacial score (nSPS) is 16.0. The molecule has 0 radical (unpaired) electrons. The molecule has 5 heteroatoms. The average Bonchev–Trinajstić information content (AvgIpc) is 2.77. The Morgan fingerprint density at radius 1 is 1.29 bits per heavy atom. The van der Waals surface area contributed by atoms with Gasteiger partial charge >= 0.3 is 0 Å². The number of carbonyl (C=O) groups is 1. The van der Waals surface area contributed by atoms with E-state index < -0.39 is 0 Å². The maximum atomic E-state index is 12.6. The lowest BCUT2D eigenvalue weighted by atomic mass is 10.2. The molecule has 112 valence electrons. The predicted octanol–water partition coefficient (Wildman–Crippen LogP) is 1.23. The maximum Gasteiger partial charge on any atom is 0.241 e. The van der Waals surface area contributed by atoms with Gasteiger partial charge in [-0.05, 0) is 31.6 Å². The summed E-state index contributed by atoms with van der Waals surface area (Å²) in [6.45, 7) is 4.65. The van der Waals surface area contributed by atoms with E-state index >= 15 is 0 Å². The van der Waals surface area contributed by atoms with Crippen molar-refractivity contribution < 1.29 is 4.79 Å². The smallest absolute Gasteiger partial charge is 0.241 e. The number of nitrogens with zero attached hydrogens (tertiary/aromatic N) is 3. The minimum Gasteiger partial charge on any atom is -0.315 e. The van der Waals surface area contributed by atoms with E-state index in [0.717, 1.165) is 38.3 Å². The van der Waals surface area contributed by atoms with Crippen LogP contribution in [0.25, 0.3) is 0 Å². The Labute approximate surface area is 126 Å². The molecule has 1 N–H and O–H groups in total. The molecule has 1 fully saturated rings. The molecule has 0 unspecified atom stereocenters. The van der Waals surface area contributed by atoms with E-state index in [0.29, 0.717) is 19.5 Å². The van der Waals surface area contributed by atoms with Crippen molar-refractivity contribution in [1.29, 1.82) is 5.26 Å². The zero-order chi connectivity index (χ0) is 14.9. The summed E-state index contributed by atoms with van der Waals surface area (Å²) in [4.78, 5) is 16.5. The van der Waals surface area contributed by atoms with Gasteiger partial charge in [0.15, 0.2) is 0 Å². The molecule has 0 spiro atoms. The monoisotopic (exact) mass is 286 g/mol. The number of nitriles is 1. The second-order valence-electron chi connectivity index (χ2n) is 5.17. The second-order valence-corrected chi connectivity index (χ2v) is 5.17. The molecular formula is C16H22N4O. The number of anilines is 1. The lowest BCUT2D eigenvalue weighted by Crippen LogP contribution is -2.42. The molecule has 1 aromatic carbocycles. The average molecular weight is 286 g/mol. The first-order chi connectivity index (χ1) is 10.3. The molecule has 0 bridgehead atoms. The molecule has 5 nitrogen and oxygen atoms in total. The van der Waals surface area contributed by atoms with Crippen LogP contribution in [0.3, 0.4) is 0 Å². The first-order valence-electron chi connectivity index (χ1n) is 7.46. The van der Waals surface area contributed by atoms with Crippen LogP contribution >= 0.6 is 0 Å². The van der Waals surface area contributed by atoms with Gasteiger partial charge in [0.25, 0.3) is 0 Å². The Morgan fingerprint density at radius 3 is 2.86 bits per heavy atom. The van der Waals surface area contributed by atoms with Crippen molar-refractivity contribution in [1.82, 2.24) is 10.2 Å². The SMILES string of the molecule is N#CCCN(C(=O)CN1CCCNCC1)c1ccccc1. The Balaban J connectivity index is 2.01. The third-order valence-corrected chi connectivity index (χ3v) is 3.61. The topological polar surface area (TPSA) is 59.4 Å². The lowest BCUT2D eigenvalue weighted by Gasteiger charge is -2.26. The molecule has 1 saturated heterocycles. The molecule has 0 atom stereocenters. The van der Waals surface area contributed by atoms with E-state index in [1.165, 1.54) is 0 Å². The van der Waals surface area contributed by atoms with Gasteiger partial charge in [0.1, 0.15) is 0 Å². The van der Waals surface area contributed by atoms with Crippen LogP contribution in [0.5, 0.6) is 0 Å². The van der Waals surface area contributed by atoms with E-state index in [2.05, 4.69) is 16.3 Å². The molecule has 0 aromatic heterocycles. The van der Waals surface area contributed by atoms with E-state index in [-0.39, 0.29) is 5.91 Å². The van der Waals surface area contributed by atoms with Gasteiger partial charge in [-0.25, -0.2) is 0 Å². The molecule has 1 heterocycles. The van der Waals surface area contributed by atoms with Gasteiger partial charge in [-0.3, -0.25) is 9.69 Å². The van der Waals surface area contributed by atoms with Crippen LogP contribution in [-0.4, -0.2) is 50.1 Å². The Hall–Kier alpha value is -1.90. The van der Waals surface area contributed by atoms with Crippen molar-refractivity contribution in [2.45, 2.75) is 12.8 Å². The highest BCUT2D eigenvalue weighted by Gasteiger charge is 2.19. The van der Waals surface area contributed by atoms with E-state index in [1.807, 2.05) is 30.3 Å². The molecule has 21 heavy (non-hydrogen) atoms. The summed E-state index contributed by atoms with van der Waals surface area (Å²) in [5.41, 5.74) is 0.866. The third kappa shape index (κ3) is 4.85. The molecule has 2 rings (SSSR count). The maximum absolute atomic E-state index is 12.6. The number of hydrogen-bond acceptors (Lipinski definition) is 4. The fourth-order valence-electron chi connectivity index (χ4n) is 2.50. The third-order valence-electron chi connectivity index (χ3n) is 3.61. The van der Waals surface area contributed by atoms with Crippen LogP contribution in [0.1, 0.15) is 12.8 Å². The summed E-state index contributed by atoms with van der Waals surface area (Å²) >= 11 is 0. The van der Waals surface area contributed by atoms with Crippen molar-refractivity contribution >= 4 is 11.6 Å². The summed E-state index contributed by atoms with van der Waals surface area (Å²) in [5.74, 6) is 0.0679. The molecule has 0 saturated carbocycles. The van der Waals surface area contributed by atoms with Crippen LogP contribution in [0.2, 0.25) is 0 Å². The molecule has 1 aliphatic rings. The Bertz CT molecular complexity index is 475. The van der Waals surface area contributed by atoms with Crippen molar-refractivity contribution in [2.24, 2.45) is 0 Å². The number of rotatable bonds is 5. The number of para-hydroxylation sites is 1. The van der Waals surface area contributed by atoms with Crippen LogP contribution in [0.4, 0.5) is 5.69 Å². The van der Waals surface area contributed by atoms with Gasteiger partial charge in [0.05, 0.1) is 19.0 Å². The van der Waals surface area contributed by atoms with Gasteiger partial charge in [0.2, 0.25) is 5.91 Å². The van der Waals surface area contributed by atoms with Crippen LogP contribution < -0.4 is 10.2 Å². The molecular weight excluding hydrogens is 264 g/mol. The molecule has 0 aliphatic carbocycles. The van der Waals surface area contributed by atoms with Crippen LogP contribution in [0.15, 0.2) is 30.3 Å². The summed E-state index contributed by atoms with van der Waals surface area (Å²) < 4.78 is 0. The number of benzene rings is 1. The first-order valence-corrected chi connectivity index (χ1v) is 7.46. The largest absolute Gasteiger partial charge is 0.315 e. The van der Waals surface area contributed by atoms with Crippen LogP contribution in [0, 0.1) is 11.3 Å². The Kier molecular flexibility index (Phi) is 6.20. The fraction of sp³-hybridized carbons (Fsp3) is 0.500. The summed E-state index contributed by atoms with van der Waals surface area (Å²) in [6.07, 6.45) is 1.42. The quantitative estimate of drug-likeness (QED) is 0.884. The zero-order valence-corrected chi connectivity index (χ0v) is 12.3. The standard InChI is InChI=1S/C16H22N4O/c17-8-4-12-20(15-6-2-1-3-7-15)16(21)14-19-11-5-9-18-10-13-19/h1-3,6-7,18H,4-5,9-14H2. The second kappa shape index (κ2) is 8.40. The highest BCUT2D eigenvalue weighted by Crippen LogP contribution is 2.14. The van der Waals surface area contributed by atoms with Crippen molar-refractivity contribution in [3.8, 4) is 6.07 Å². The fourth-order valence-corrected chi connectivity index (χ4v) is 2.50. The summed E-state index contributed by atoms with van der Waals surface area (Å²) in [6, 6.07) is 11.7. The van der Waals surface area contributed by atoms with Gasteiger partial charge < -0.3 is 10.2 Å². The number of carbonyl (C=O) groups excluding carboxylic acids is 1. The zero-order valence-electron chi connectivity index (χ0n) is 12.3. The minimum absolute atomic E-state index is 0.0679. The predicted molar refractivity (Wildman–Crippen MR) is 83.0 cm³/mol. The van der Waals surface area contributed by atoms with Gasteiger partial charge in [0, 0.05) is 25.3 Å². The lowest BCUT2D eigenvalue weighted by molar-refractivity contribution is -0.119. The molecule has 1 aromatic rings. The Morgan fingerprint density at radius 2 is 2.10 bits per heavy atom. The van der Waals surface area contributed by atoms with Crippen molar-refractivity contribution in [2.75, 3.05) is 44.2 Å². The molecule has 1 amide bonds. The van der Waals surface area contributed by atoms with Gasteiger partial charge in [-0.1, -0.05) is 18.2 Å². The van der Waals surface area contributed by atoms with Gasteiger partial charge in [-0.2, -0.15) is 5.26 Å². The number of amides is 1. The van der Waals surface area contributed by atoms with E-state index in [4.69, 9.17) is 5.26 Å². The number of nitrogens with one attached hydrogen (secondary N) is 1. The van der Waals surface area contributed by atoms with E-state index in [1.54, 1.807) is 4.90 Å². The van der Waals surface area contributed by atoms with Crippen molar-refractivity contribution in [3.05, 3.63) is 30.3 Å². The highest BCUT2D eigenvalue weighted by molar-refractivity contribution is 5.94. The summed E-state index contributed by atoms with van der Waals surface area (Å²) in [5, 5.41) is 12.1. The summed E-state index contributed by atoms with van der Waals surface area (Å²) in [7, 11) is 0. The van der Waals surface area contributed by atoms with Crippen molar-refractivity contribution in [3.63, 3.8) is 0 Å².